The summed E-state index contributed by atoms with van der Waals surface area (Å²) in [7, 11) is 1.56. The predicted octanol–water partition coefficient (Wildman–Crippen LogP) is 6.33. The minimum absolute atomic E-state index is 0.166. The molecule has 0 saturated carbocycles. The fourth-order valence-corrected chi connectivity index (χ4v) is 4.68. The molecule has 156 valence electrons. The largest absolute Gasteiger partial charge is 0.493 e. The minimum Gasteiger partial charge on any atom is -0.493 e. The first-order valence-corrected chi connectivity index (χ1v) is 11.0. The number of ether oxygens (including phenoxy) is 2. The fraction of sp³-hybridized carbons (Fsp3) is 0.0833. The average molecular weight is 468 g/mol. The third-order valence-corrected chi connectivity index (χ3v) is 6.17. The second-order valence-corrected chi connectivity index (χ2v) is 8.74. The first-order chi connectivity index (χ1) is 15.1. The van der Waals surface area contributed by atoms with Crippen LogP contribution in [0, 0.1) is 0 Å². The van der Waals surface area contributed by atoms with Crippen molar-refractivity contribution in [3.8, 4) is 11.5 Å². The van der Waals surface area contributed by atoms with E-state index in [0.717, 1.165) is 16.8 Å². The van der Waals surface area contributed by atoms with Crippen LogP contribution < -0.4 is 14.4 Å². The first kappa shape index (κ1) is 21.4. The lowest BCUT2D eigenvalue weighted by Crippen LogP contribution is -2.27. The van der Waals surface area contributed by atoms with Gasteiger partial charge in [-0.15, -0.1) is 0 Å². The van der Waals surface area contributed by atoms with E-state index in [-0.39, 0.29) is 5.91 Å². The number of hydrogen-bond acceptors (Lipinski definition) is 5. The summed E-state index contributed by atoms with van der Waals surface area (Å²) in [6.45, 7) is 0.367. The maximum Gasteiger partial charge on any atom is 0.270 e. The zero-order valence-electron chi connectivity index (χ0n) is 16.6. The number of para-hydroxylation sites is 1. The summed E-state index contributed by atoms with van der Waals surface area (Å²) in [5.41, 5.74) is 2.49. The maximum absolute atomic E-state index is 12.9. The van der Waals surface area contributed by atoms with Gasteiger partial charge in [-0.3, -0.25) is 9.69 Å². The number of halogens is 1. The molecule has 0 N–H and O–H groups in total. The minimum atomic E-state index is -0.166. The third kappa shape index (κ3) is 4.77. The lowest BCUT2D eigenvalue weighted by atomic mass is 10.1. The van der Waals surface area contributed by atoms with Crippen molar-refractivity contribution in [1.82, 2.24) is 0 Å². The van der Waals surface area contributed by atoms with Gasteiger partial charge in [0.15, 0.2) is 15.8 Å². The molecule has 0 bridgehead atoms. The van der Waals surface area contributed by atoms with Crippen molar-refractivity contribution in [2.75, 3.05) is 12.0 Å². The Balaban J connectivity index is 1.59. The van der Waals surface area contributed by atoms with Crippen LogP contribution in [0.4, 0.5) is 5.69 Å². The van der Waals surface area contributed by atoms with Crippen LogP contribution in [-0.2, 0) is 11.4 Å². The molecule has 4 rings (SSSR count). The van der Waals surface area contributed by atoms with Crippen molar-refractivity contribution in [2.24, 2.45) is 0 Å². The van der Waals surface area contributed by atoms with Crippen LogP contribution in [0.1, 0.15) is 11.1 Å². The Hall–Kier alpha value is -2.80. The van der Waals surface area contributed by atoms with Gasteiger partial charge in [-0.1, -0.05) is 84.1 Å². The van der Waals surface area contributed by atoms with E-state index in [4.69, 9.17) is 33.3 Å². The van der Waals surface area contributed by atoms with Gasteiger partial charge in [0.2, 0.25) is 0 Å². The molecular formula is C24H18ClNO3S2. The zero-order valence-corrected chi connectivity index (χ0v) is 19.0. The second-order valence-electron chi connectivity index (χ2n) is 6.66. The van der Waals surface area contributed by atoms with E-state index < -0.39 is 0 Å². The molecule has 1 heterocycles. The van der Waals surface area contributed by atoms with Crippen LogP contribution >= 0.6 is 35.6 Å². The number of thiocarbonyl (C=S) groups is 1. The SMILES string of the molecule is COc1cc(/C=C2/SC(=S)N(c3ccccc3)C2=O)cc(Cl)c1OCc1ccccc1. The van der Waals surface area contributed by atoms with Crippen LogP contribution in [-0.4, -0.2) is 17.3 Å². The molecular weight excluding hydrogens is 450 g/mol. The number of amides is 1. The highest BCUT2D eigenvalue weighted by atomic mass is 35.5. The van der Waals surface area contributed by atoms with Crippen LogP contribution in [0.15, 0.2) is 77.7 Å². The monoisotopic (exact) mass is 467 g/mol. The summed E-state index contributed by atoms with van der Waals surface area (Å²) in [6, 6.07) is 22.7. The highest BCUT2D eigenvalue weighted by Crippen LogP contribution is 2.40. The summed E-state index contributed by atoms with van der Waals surface area (Å²) in [6.07, 6.45) is 1.76. The molecule has 0 radical (unpaired) electrons. The highest BCUT2D eigenvalue weighted by Gasteiger charge is 2.33. The van der Waals surface area contributed by atoms with Crippen molar-refractivity contribution in [3.63, 3.8) is 0 Å². The number of carbonyl (C=O) groups excluding carboxylic acids is 1. The predicted molar refractivity (Wildman–Crippen MR) is 131 cm³/mol. The van der Waals surface area contributed by atoms with E-state index in [1.165, 1.54) is 16.7 Å². The van der Waals surface area contributed by atoms with Crippen LogP contribution in [0.2, 0.25) is 5.02 Å². The maximum atomic E-state index is 12.9. The van der Waals surface area contributed by atoms with Gasteiger partial charge in [-0.2, -0.15) is 0 Å². The summed E-state index contributed by atoms with van der Waals surface area (Å²) in [4.78, 5) is 15.0. The zero-order chi connectivity index (χ0) is 21.8. The van der Waals surface area contributed by atoms with E-state index in [1.54, 1.807) is 25.3 Å². The molecule has 7 heteroatoms. The molecule has 0 aliphatic carbocycles. The molecule has 3 aromatic carbocycles. The number of thioether (sulfide) groups is 1. The number of rotatable bonds is 6. The second kappa shape index (κ2) is 9.56. The lowest BCUT2D eigenvalue weighted by molar-refractivity contribution is -0.113. The van der Waals surface area contributed by atoms with Gasteiger partial charge < -0.3 is 9.47 Å². The van der Waals surface area contributed by atoms with E-state index in [2.05, 4.69) is 0 Å². The van der Waals surface area contributed by atoms with Gasteiger partial charge >= 0.3 is 0 Å². The Morgan fingerprint density at radius 1 is 1.06 bits per heavy atom. The van der Waals surface area contributed by atoms with Gasteiger partial charge in [0.05, 0.1) is 22.7 Å². The topological polar surface area (TPSA) is 38.8 Å². The lowest BCUT2D eigenvalue weighted by Gasteiger charge is -2.14. The van der Waals surface area contributed by atoms with E-state index in [0.29, 0.717) is 32.4 Å². The molecule has 0 atom stereocenters. The van der Waals surface area contributed by atoms with Crippen molar-refractivity contribution in [2.45, 2.75) is 6.61 Å². The van der Waals surface area contributed by atoms with E-state index in [1.807, 2.05) is 60.7 Å². The Morgan fingerprint density at radius 3 is 2.42 bits per heavy atom. The Labute approximate surface area is 195 Å². The molecule has 0 aromatic heterocycles. The van der Waals surface area contributed by atoms with Crippen LogP contribution in [0.5, 0.6) is 11.5 Å². The van der Waals surface area contributed by atoms with Gasteiger partial charge in [0, 0.05) is 0 Å². The molecule has 31 heavy (non-hydrogen) atoms. The summed E-state index contributed by atoms with van der Waals surface area (Å²) in [5, 5.41) is 0.403. The van der Waals surface area contributed by atoms with E-state index >= 15 is 0 Å². The van der Waals surface area contributed by atoms with E-state index in [9.17, 15) is 4.79 Å². The van der Waals surface area contributed by atoms with Crippen molar-refractivity contribution >= 4 is 57.6 Å². The molecule has 1 fully saturated rings. The van der Waals surface area contributed by atoms with Crippen molar-refractivity contribution in [3.05, 3.63) is 93.9 Å². The van der Waals surface area contributed by atoms with Gasteiger partial charge in [-0.05, 0) is 41.5 Å². The first-order valence-electron chi connectivity index (χ1n) is 9.44. The van der Waals surface area contributed by atoms with Crippen molar-refractivity contribution in [1.29, 1.82) is 0 Å². The fourth-order valence-electron chi connectivity index (χ4n) is 3.11. The smallest absolute Gasteiger partial charge is 0.270 e. The summed E-state index contributed by atoms with van der Waals surface area (Å²) < 4.78 is 11.9. The Bertz CT molecular complexity index is 1150. The van der Waals surface area contributed by atoms with Crippen LogP contribution in [0.25, 0.3) is 6.08 Å². The Kier molecular flexibility index (Phi) is 6.61. The number of nitrogens with zero attached hydrogens (tertiary/aromatic N) is 1. The molecule has 3 aromatic rings. The number of benzene rings is 3. The number of anilines is 1. The quantitative estimate of drug-likeness (QED) is 0.312. The van der Waals surface area contributed by atoms with Crippen LogP contribution in [0.3, 0.4) is 0 Å². The Morgan fingerprint density at radius 2 is 1.74 bits per heavy atom. The normalized spacial score (nSPS) is 14.9. The number of hydrogen-bond donors (Lipinski definition) is 0. The summed E-state index contributed by atoms with van der Waals surface area (Å²) in [5.74, 6) is 0.788. The van der Waals surface area contributed by atoms with Gasteiger partial charge in [0.25, 0.3) is 5.91 Å². The van der Waals surface area contributed by atoms with Crippen molar-refractivity contribution < 1.29 is 14.3 Å². The number of carbonyl (C=O) groups is 1. The third-order valence-electron chi connectivity index (χ3n) is 4.58. The molecule has 0 unspecified atom stereocenters. The molecule has 1 amide bonds. The molecule has 0 spiro atoms. The van der Waals surface area contributed by atoms with Gasteiger partial charge in [0.1, 0.15) is 6.61 Å². The molecule has 1 saturated heterocycles. The van der Waals surface area contributed by atoms with Gasteiger partial charge in [-0.25, -0.2) is 0 Å². The molecule has 1 aliphatic heterocycles. The average Bonchev–Trinajstić information content (AvgIpc) is 3.06. The summed E-state index contributed by atoms with van der Waals surface area (Å²) >= 11 is 13.2. The molecule has 1 aliphatic rings. The highest BCUT2D eigenvalue weighted by molar-refractivity contribution is 8.27. The molecule has 4 nitrogen and oxygen atoms in total. The standard InChI is InChI=1S/C24H18ClNO3S2/c1-28-20-13-17(12-19(25)22(20)29-15-16-8-4-2-5-9-16)14-21-23(27)26(24(30)31-21)18-10-6-3-7-11-18/h2-14H,15H2,1H3/b21-14+. The number of methoxy groups -OCH3 is 1.